The maximum absolute atomic E-state index is 12.1. The molecule has 0 radical (unpaired) electrons. The Morgan fingerprint density at radius 1 is 1.53 bits per heavy atom. The zero-order valence-corrected chi connectivity index (χ0v) is 10.4. The number of hydrogen-bond acceptors (Lipinski definition) is 3. The first-order chi connectivity index (χ1) is 7.94. The normalized spacial score (nSPS) is 20.8. The standard InChI is InChI=1S/C13H18N2O2/c1-13(2)7-11(13)15-12(16)9-6-8(14)4-5-10(9)17-3/h4-6,11H,7,14H2,1-3H3,(H,15,16). The lowest BCUT2D eigenvalue weighted by Gasteiger charge is -2.11. The second kappa shape index (κ2) is 3.95. The van der Waals surface area contributed by atoms with E-state index in [0.717, 1.165) is 6.42 Å². The quantitative estimate of drug-likeness (QED) is 0.784. The van der Waals surface area contributed by atoms with E-state index in [0.29, 0.717) is 17.0 Å². The zero-order valence-electron chi connectivity index (χ0n) is 10.4. The van der Waals surface area contributed by atoms with Crippen molar-refractivity contribution >= 4 is 11.6 Å². The Kier molecular flexibility index (Phi) is 2.73. The van der Waals surface area contributed by atoms with Crippen molar-refractivity contribution in [3.63, 3.8) is 0 Å². The summed E-state index contributed by atoms with van der Waals surface area (Å²) < 4.78 is 5.16. The topological polar surface area (TPSA) is 64.3 Å². The molecule has 0 heterocycles. The van der Waals surface area contributed by atoms with Crippen molar-refractivity contribution in [3.8, 4) is 5.75 Å². The molecule has 1 fully saturated rings. The molecule has 4 nitrogen and oxygen atoms in total. The summed E-state index contributed by atoms with van der Waals surface area (Å²) in [7, 11) is 1.55. The number of anilines is 1. The third-order valence-electron chi connectivity index (χ3n) is 3.29. The van der Waals surface area contributed by atoms with Gasteiger partial charge in [0.05, 0.1) is 12.7 Å². The van der Waals surface area contributed by atoms with Crippen molar-refractivity contribution in [1.82, 2.24) is 5.32 Å². The Bertz CT molecular complexity index is 455. The minimum absolute atomic E-state index is 0.121. The molecule has 17 heavy (non-hydrogen) atoms. The molecule has 1 amide bonds. The van der Waals surface area contributed by atoms with Crippen molar-refractivity contribution in [2.75, 3.05) is 12.8 Å². The van der Waals surface area contributed by atoms with Gasteiger partial charge in [0.1, 0.15) is 5.75 Å². The van der Waals surface area contributed by atoms with Crippen LogP contribution >= 0.6 is 0 Å². The molecular weight excluding hydrogens is 216 g/mol. The molecule has 2 rings (SSSR count). The van der Waals surface area contributed by atoms with Gasteiger partial charge in [-0.15, -0.1) is 0 Å². The van der Waals surface area contributed by atoms with Gasteiger partial charge in [-0.2, -0.15) is 0 Å². The highest BCUT2D eigenvalue weighted by Crippen LogP contribution is 2.44. The first-order valence-electron chi connectivity index (χ1n) is 5.68. The predicted molar refractivity (Wildman–Crippen MR) is 67.1 cm³/mol. The van der Waals surface area contributed by atoms with Gasteiger partial charge in [0.25, 0.3) is 5.91 Å². The number of carbonyl (C=O) groups excluding carboxylic acids is 1. The van der Waals surface area contributed by atoms with E-state index >= 15 is 0 Å². The van der Waals surface area contributed by atoms with E-state index < -0.39 is 0 Å². The fourth-order valence-corrected chi connectivity index (χ4v) is 1.85. The fourth-order valence-electron chi connectivity index (χ4n) is 1.85. The summed E-state index contributed by atoms with van der Waals surface area (Å²) in [5, 5.41) is 2.99. The van der Waals surface area contributed by atoms with Crippen LogP contribution in [0.5, 0.6) is 5.75 Å². The third-order valence-corrected chi connectivity index (χ3v) is 3.29. The summed E-state index contributed by atoms with van der Waals surface area (Å²) in [6, 6.07) is 5.32. The van der Waals surface area contributed by atoms with Crippen LogP contribution in [0.15, 0.2) is 18.2 Å². The van der Waals surface area contributed by atoms with Gasteiger partial charge >= 0.3 is 0 Å². The average Bonchev–Trinajstić information content (AvgIpc) is 2.85. The molecule has 4 heteroatoms. The molecule has 1 aliphatic rings. The van der Waals surface area contributed by atoms with E-state index in [1.54, 1.807) is 25.3 Å². The van der Waals surface area contributed by atoms with Gasteiger partial charge in [-0.3, -0.25) is 4.79 Å². The smallest absolute Gasteiger partial charge is 0.255 e. The van der Waals surface area contributed by atoms with E-state index in [9.17, 15) is 4.79 Å². The van der Waals surface area contributed by atoms with Crippen LogP contribution in [0.3, 0.4) is 0 Å². The van der Waals surface area contributed by atoms with Crippen molar-refractivity contribution in [2.45, 2.75) is 26.3 Å². The molecule has 92 valence electrons. The minimum Gasteiger partial charge on any atom is -0.496 e. The van der Waals surface area contributed by atoms with Gasteiger partial charge in [0.15, 0.2) is 0 Å². The van der Waals surface area contributed by atoms with Crippen LogP contribution in [0.2, 0.25) is 0 Å². The lowest BCUT2D eigenvalue weighted by Crippen LogP contribution is -2.28. The summed E-state index contributed by atoms with van der Waals surface area (Å²) in [5.74, 6) is 0.430. The summed E-state index contributed by atoms with van der Waals surface area (Å²) in [4.78, 5) is 12.1. The number of rotatable bonds is 3. The highest BCUT2D eigenvalue weighted by Gasteiger charge is 2.46. The maximum atomic E-state index is 12.1. The third kappa shape index (κ3) is 2.35. The highest BCUT2D eigenvalue weighted by atomic mass is 16.5. The maximum Gasteiger partial charge on any atom is 0.255 e. The average molecular weight is 234 g/mol. The minimum atomic E-state index is -0.121. The molecule has 1 unspecified atom stereocenters. The van der Waals surface area contributed by atoms with Gasteiger partial charge in [-0.05, 0) is 30.0 Å². The largest absolute Gasteiger partial charge is 0.496 e. The van der Waals surface area contributed by atoms with Crippen molar-refractivity contribution in [2.24, 2.45) is 5.41 Å². The van der Waals surface area contributed by atoms with Crippen LogP contribution in [-0.4, -0.2) is 19.1 Å². The SMILES string of the molecule is COc1ccc(N)cc1C(=O)NC1CC1(C)C. The molecule has 1 atom stereocenters. The van der Waals surface area contributed by atoms with Crippen LogP contribution in [0, 0.1) is 5.41 Å². The molecule has 1 aromatic carbocycles. The second-order valence-corrected chi connectivity index (χ2v) is 5.18. The number of nitrogens with one attached hydrogen (secondary N) is 1. The number of methoxy groups -OCH3 is 1. The Balaban J connectivity index is 2.16. The number of nitrogens with two attached hydrogens (primary N) is 1. The van der Waals surface area contributed by atoms with E-state index in [1.165, 1.54) is 0 Å². The number of hydrogen-bond donors (Lipinski definition) is 2. The molecule has 0 bridgehead atoms. The van der Waals surface area contributed by atoms with Gasteiger partial charge < -0.3 is 15.8 Å². The molecule has 1 saturated carbocycles. The molecule has 0 aromatic heterocycles. The van der Waals surface area contributed by atoms with Gasteiger partial charge in [-0.1, -0.05) is 13.8 Å². The summed E-state index contributed by atoms with van der Waals surface area (Å²) in [6.07, 6.45) is 1.02. The molecular formula is C13H18N2O2. The predicted octanol–water partition coefficient (Wildman–Crippen LogP) is 1.81. The number of benzene rings is 1. The Labute approximate surface area is 101 Å². The first kappa shape index (κ1) is 11.8. The Morgan fingerprint density at radius 2 is 2.18 bits per heavy atom. The summed E-state index contributed by atoms with van der Waals surface area (Å²) >= 11 is 0. The summed E-state index contributed by atoms with van der Waals surface area (Å²) in [6.45, 7) is 4.27. The Morgan fingerprint density at radius 3 is 2.71 bits per heavy atom. The Hall–Kier alpha value is -1.71. The van der Waals surface area contributed by atoms with E-state index in [-0.39, 0.29) is 17.4 Å². The fraction of sp³-hybridized carbons (Fsp3) is 0.462. The molecule has 0 saturated heterocycles. The van der Waals surface area contributed by atoms with Gasteiger partial charge in [0.2, 0.25) is 0 Å². The van der Waals surface area contributed by atoms with Gasteiger partial charge in [0, 0.05) is 11.7 Å². The van der Waals surface area contributed by atoms with E-state index in [1.807, 2.05) is 0 Å². The molecule has 1 aliphatic carbocycles. The summed E-state index contributed by atoms with van der Waals surface area (Å²) in [5.41, 5.74) is 6.95. The van der Waals surface area contributed by atoms with Crippen LogP contribution in [0.1, 0.15) is 30.6 Å². The molecule has 0 spiro atoms. The lowest BCUT2D eigenvalue weighted by molar-refractivity contribution is 0.0943. The van der Waals surface area contributed by atoms with E-state index in [2.05, 4.69) is 19.2 Å². The number of ether oxygens (including phenoxy) is 1. The monoisotopic (exact) mass is 234 g/mol. The second-order valence-electron chi connectivity index (χ2n) is 5.18. The van der Waals surface area contributed by atoms with Gasteiger partial charge in [-0.25, -0.2) is 0 Å². The number of nitrogen functional groups attached to an aromatic ring is 1. The number of amides is 1. The van der Waals surface area contributed by atoms with Crippen molar-refractivity contribution in [1.29, 1.82) is 0 Å². The molecule has 0 aliphatic heterocycles. The van der Waals surface area contributed by atoms with Crippen LogP contribution in [-0.2, 0) is 0 Å². The van der Waals surface area contributed by atoms with Crippen molar-refractivity contribution < 1.29 is 9.53 Å². The first-order valence-corrected chi connectivity index (χ1v) is 5.68. The molecule has 1 aromatic rings. The highest BCUT2D eigenvalue weighted by molar-refractivity contribution is 5.98. The van der Waals surface area contributed by atoms with Crippen LogP contribution < -0.4 is 15.8 Å². The van der Waals surface area contributed by atoms with Crippen molar-refractivity contribution in [3.05, 3.63) is 23.8 Å². The van der Waals surface area contributed by atoms with Crippen LogP contribution in [0.25, 0.3) is 0 Å². The van der Waals surface area contributed by atoms with E-state index in [4.69, 9.17) is 10.5 Å². The zero-order chi connectivity index (χ0) is 12.6. The lowest BCUT2D eigenvalue weighted by atomic mass is 10.1. The molecule has 3 N–H and O–H groups in total. The number of carbonyl (C=O) groups is 1. The van der Waals surface area contributed by atoms with Crippen LogP contribution in [0.4, 0.5) is 5.69 Å².